The first kappa shape index (κ1) is 34.6. The van der Waals surface area contributed by atoms with Crippen LogP contribution in [0.5, 0.6) is 0 Å². The molecule has 3 atom stereocenters. The molecule has 52 heavy (non-hydrogen) atoms. The van der Waals surface area contributed by atoms with Crippen LogP contribution in [-0.4, -0.2) is 22.7 Å². The second-order valence-corrected chi connectivity index (χ2v) is 13.7. The van der Waals surface area contributed by atoms with E-state index in [0.29, 0.717) is 19.3 Å². The lowest BCUT2D eigenvalue weighted by molar-refractivity contribution is -0.130. The summed E-state index contributed by atoms with van der Waals surface area (Å²) in [5, 5.41) is 8.44. The van der Waals surface area contributed by atoms with Gasteiger partial charge in [0.15, 0.2) is 5.78 Å². The number of benzene rings is 6. The van der Waals surface area contributed by atoms with Gasteiger partial charge in [-0.1, -0.05) is 103 Å². The normalized spacial score (nSPS) is 17.2. The molecule has 3 unspecified atom stereocenters. The predicted molar refractivity (Wildman–Crippen MR) is 204 cm³/mol. The molecular formula is C45H39F2N3O2. The number of Topliss-reactive ketones (excluding diaryl/α,β-unsaturated/α-hetero) is 1. The standard InChI is InChI=1S/C36H32F2N2O2.C9H7N/c1-22(40-34(41)17-24-15-27(37)19-28(38)16-24)35(42)26-18-32-31-12-11-25-9-5-6-10-29(25)30(31)13-14-33(32)36(39,21-26)20-23-7-3-2-4-8-23;1-2-6-9-8(4-1)5-3-7-10-9/h2-16,19,22,26H,17-18,20-21,39H2,1H3,(H,40,41);1-7H. The van der Waals surface area contributed by atoms with Gasteiger partial charge in [0.1, 0.15) is 11.6 Å². The first-order valence-electron chi connectivity index (χ1n) is 17.5. The number of nitrogens with zero attached hydrogens (tertiary/aromatic N) is 1. The van der Waals surface area contributed by atoms with Crippen molar-refractivity contribution < 1.29 is 18.4 Å². The number of carbonyl (C=O) groups is 2. The number of rotatable bonds is 7. The van der Waals surface area contributed by atoms with Gasteiger partial charge in [-0.2, -0.15) is 0 Å². The van der Waals surface area contributed by atoms with Crippen LogP contribution >= 0.6 is 0 Å². The molecule has 1 aliphatic rings. The number of hydrogen-bond acceptors (Lipinski definition) is 4. The number of ketones is 1. The van der Waals surface area contributed by atoms with E-state index in [4.69, 9.17) is 5.73 Å². The van der Waals surface area contributed by atoms with E-state index in [9.17, 15) is 18.4 Å². The highest BCUT2D eigenvalue weighted by molar-refractivity contribution is 6.09. The van der Waals surface area contributed by atoms with Gasteiger partial charge in [0.2, 0.25) is 5.91 Å². The molecule has 0 spiro atoms. The van der Waals surface area contributed by atoms with Gasteiger partial charge in [-0.3, -0.25) is 14.6 Å². The molecule has 0 radical (unpaired) electrons. The summed E-state index contributed by atoms with van der Waals surface area (Å²) in [5.74, 6) is -2.51. The molecule has 8 rings (SSSR count). The van der Waals surface area contributed by atoms with Gasteiger partial charge in [0.25, 0.3) is 0 Å². The SMILES string of the molecule is CC(NC(=O)Cc1cc(F)cc(F)c1)C(=O)C1Cc2c(ccc3c2ccc2ccccc23)C(N)(Cc2ccccc2)C1.c1ccc2ncccc2c1. The van der Waals surface area contributed by atoms with Crippen molar-refractivity contribution in [3.8, 4) is 0 Å². The van der Waals surface area contributed by atoms with Crippen molar-refractivity contribution in [1.82, 2.24) is 10.3 Å². The van der Waals surface area contributed by atoms with Gasteiger partial charge >= 0.3 is 0 Å². The molecular weight excluding hydrogens is 653 g/mol. The Hall–Kier alpha value is -5.79. The Labute approximate surface area is 301 Å². The molecule has 1 heterocycles. The Balaban J connectivity index is 0.000000360. The lowest BCUT2D eigenvalue weighted by atomic mass is 9.67. The Bertz CT molecular complexity index is 2330. The van der Waals surface area contributed by atoms with Gasteiger partial charge in [-0.05, 0) is 94.3 Å². The van der Waals surface area contributed by atoms with E-state index in [-0.39, 0.29) is 17.8 Å². The minimum Gasteiger partial charge on any atom is -0.346 e. The third-order valence-corrected chi connectivity index (χ3v) is 10.0. The monoisotopic (exact) mass is 691 g/mol. The maximum Gasteiger partial charge on any atom is 0.224 e. The van der Waals surface area contributed by atoms with E-state index in [1.165, 1.54) is 5.39 Å². The largest absolute Gasteiger partial charge is 0.346 e. The summed E-state index contributed by atoms with van der Waals surface area (Å²) >= 11 is 0. The van der Waals surface area contributed by atoms with E-state index in [0.717, 1.165) is 62.0 Å². The summed E-state index contributed by atoms with van der Waals surface area (Å²) in [4.78, 5) is 30.8. The number of carbonyl (C=O) groups excluding carboxylic acids is 2. The van der Waals surface area contributed by atoms with Crippen LogP contribution in [0.25, 0.3) is 32.4 Å². The summed E-state index contributed by atoms with van der Waals surface area (Å²) in [7, 11) is 0. The topological polar surface area (TPSA) is 85.1 Å². The Morgan fingerprint density at radius 2 is 1.44 bits per heavy atom. The molecule has 3 N–H and O–H groups in total. The second kappa shape index (κ2) is 14.8. The van der Waals surface area contributed by atoms with Crippen LogP contribution in [0, 0.1) is 17.6 Å². The van der Waals surface area contributed by atoms with Crippen molar-refractivity contribution in [1.29, 1.82) is 0 Å². The second-order valence-electron chi connectivity index (χ2n) is 13.7. The minimum absolute atomic E-state index is 0.111. The molecule has 7 aromatic rings. The summed E-state index contributed by atoms with van der Waals surface area (Å²) in [6.45, 7) is 1.66. The van der Waals surface area contributed by atoms with Crippen LogP contribution in [0.3, 0.4) is 0 Å². The zero-order valence-electron chi connectivity index (χ0n) is 28.9. The third-order valence-electron chi connectivity index (χ3n) is 10.0. The van der Waals surface area contributed by atoms with Crippen molar-refractivity contribution in [3.63, 3.8) is 0 Å². The van der Waals surface area contributed by atoms with Crippen molar-refractivity contribution in [2.45, 2.75) is 44.2 Å². The van der Waals surface area contributed by atoms with Crippen molar-refractivity contribution in [2.75, 3.05) is 0 Å². The van der Waals surface area contributed by atoms with E-state index >= 15 is 0 Å². The van der Waals surface area contributed by atoms with E-state index < -0.39 is 35.0 Å². The minimum atomic E-state index is -0.794. The molecule has 7 heteroatoms. The van der Waals surface area contributed by atoms with Crippen molar-refractivity contribution in [3.05, 3.63) is 174 Å². The van der Waals surface area contributed by atoms with E-state index in [1.807, 2.05) is 72.9 Å². The smallest absolute Gasteiger partial charge is 0.224 e. The van der Waals surface area contributed by atoms with E-state index in [2.05, 4.69) is 58.8 Å². The molecule has 1 amide bonds. The summed E-state index contributed by atoms with van der Waals surface area (Å²) in [5.41, 5.74) is 10.9. The molecule has 5 nitrogen and oxygen atoms in total. The van der Waals surface area contributed by atoms with Gasteiger partial charge in [-0.25, -0.2) is 8.78 Å². The summed E-state index contributed by atoms with van der Waals surface area (Å²) in [6.07, 6.45) is 3.08. The number of fused-ring (bicyclic) bond motifs is 6. The fourth-order valence-corrected chi connectivity index (χ4v) is 7.67. The molecule has 0 saturated carbocycles. The van der Waals surface area contributed by atoms with E-state index in [1.54, 1.807) is 6.92 Å². The molecule has 6 aromatic carbocycles. The zero-order valence-corrected chi connectivity index (χ0v) is 28.9. The highest BCUT2D eigenvalue weighted by atomic mass is 19.1. The molecule has 1 aliphatic carbocycles. The third kappa shape index (κ3) is 7.46. The number of pyridine rings is 1. The zero-order chi connectivity index (χ0) is 36.2. The first-order valence-corrected chi connectivity index (χ1v) is 17.5. The fourth-order valence-electron chi connectivity index (χ4n) is 7.67. The number of para-hydroxylation sites is 1. The van der Waals surface area contributed by atoms with Crippen LogP contribution in [0.2, 0.25) is 0 Å². The predicted octanol–water partition coefficient (Wildman–Crippen LogP) is 8.78. The van der Waals surface area contributed by atoms with Crippen molar-refractivity contribution in [2.24, 2.45) is 11.7 Å². The molecule has 1 aromatic heterocycles. The average Bonchev–Trinajstić information content (AvgIpc) is 3.14. The van der Waals surface area contributed by atoms with Crippen LogP contribution in [0.15, 0.2) is 140 Å². The number of nitrogens with one attached hydrogen (secondary N) is 1. The highest BCUT2D eigenvalue weighted by Gasteiger charge is 2.41. The fraction of sp³-hybridized carbons (Fsp3) is 0.178. The Kier molecular flexibility index (Phi) is 9.88. The first-order chi connectivity index (χ1) is 25.2. The number of aromatic nitrogens is 1. The van der Waals surface area contributed by atoms with Gasteiger partial charge in [0.05, 0.1) is 18.0 Å². The Morgan fingerprint density at radius 1 is 0.769 bits per heavy atom. The summed E-state index contributed by atoms with van der Waals surface area (Å²) < 4.78 is 27.2. The van der Waals surface area contributed by atoms with Gasteiger partial charge in [0, 0.05) is 29.1 Å². The quantitative estimate of drug-likeness (QED) is 0.164. The van der Waals surface area contributed by atoms with Crippen LogP contribution in [0.1, 0.15) is 35.6 Å². The Morgan fingerprint density at radius 3 is 2.21 bits per heavy atom. The summed E-state index contributed by atoms with van der Waals surface area (Å²) in [6, 6.07) is 41.1. The van der Waals surface area contributed by atoms with Gasteiger partial charge in [-0.15, -0.1) is 0 Å². The molecule has 0 aliphatic heterocycles. The number of nitrogens with two attached hydrogens (primary N) is 1. The maximum atomic E-state index is 13.9. The number of amides is 1. The van der Waals surface area contributed by atoms with Crippen LogP contribution in [-0.2, 0) is 34.4 Å². The lowest BCUT2D eigenvalue weighted by Gasteiger charge is -2.41. The number of hydrogen-bond donors (Lipinski definition) is 2. The maximum absolute atomic E-state index is 13.9. The average molecular weight is 692 g/mol. The molecule has 0 bridgehead atoms. The number of halogens is 2. The molecule has 0 fully saturated rings. The van der Waals surface area contributed by atoms with Crippen LogP contribution < -0.4 is 11.1 Å². The van der Waals surface area contributed by atoms with Crippen LogP contribution in [0.4, 0.5) is 8.78 Å². The highest BCUT2D eigenvalue weighted by Crippen LogP contribution is 2.43. The van der Waals surface area contributed by atoms with Crippen molar-refractivity contribution >= 4 is 44.1 Å². The van der Waals surface area contributed by atoms with Gasteiger partial charge < -0.3 is 11.1 Å². The molecule has 260 valence electrons. The molecule has 0 saturated heterocycles. The lowest BCUT2D eigenvalue weighted by Crippen LogP contribution is -2.50.